The molecule has 0 rings (SSSR count). The zero-order valence-corrected chi connectivity index (χ0v) is 70.5. The molecule has 0 saturated heterocycles. The Bertz CT molecular complexity index is 2030. The minimum Gasteiger partial charge on any atom is -0.462 e. The van der Waals surface area contributed by atoms with Gasteiger partial charge in [-0.2, -0.15) is 0 Å². The molecule has 19 heteroatoms. The Morgan fingerprint density at radius 1 is 0.269 bits per heavy atom. The van der Waals surface area contributed by atoms with E-state index in [0.717, 1.165) is 114 Å². The first-order chi connectivity index (χ1) is 50.2. The summed E-state index contributed by atoms with van der Waals surface area (Å²) in [5, 5.41) is 10.7. The van der Waals surface area contributed by atoms with Gasteiger partial charge in [-0.3, -0.25) is 37.3 Å². The molecule has 0 spiro atoms. The van der Waals surface area contributed by atoms with Gasteiger partial charge in [0.05, 0.1) is 26.4 Å². The zero-order chi connectivity index (χ0) is 76.7. The van der Waals surface area contributed by atoms with Crippen molar-refractivity contribution >= 4 is 39.5 Å². The van der Waals surface area contributed by atoms with E-state index in [9.17, 15) is 43.2 Å². The Morgan fingerprint density at radius 2 is 0.462 bits per heavy atom. The number of carbonyl (C=O) groups excluding carboxylic acids is 4. The summed E-state index contributed by atoms with van der Waals surface area (Å²) >= 11 is 0. The van der Waals surface area contributed by atoms with Gasteiger partial charge in [-0.15, -0.1) is 0 Å². The fraction of sp³-hybridized carbons (Fsp3) is 0.953. The third-order valence-electron chi connectivity index (χ3n) is 20.9. The monoisotopic (exact) mass is 1520 g/mol. The van der Waals surface area contributed by atoms with E-state index in [4.69, 9.17) is 37.0 Å². The lowest BCUT2D eigenvalue weighted by Gasteiger charge is -2.21. The van der Waals surface area contributed by atoms with Crippen molar-refractivity contribution in [2.75, 3.05) is 39.6 Å². The van der Waals surface area contributed by atoms with Crippen LogP contribution >= 0.6 is 15.6 Å². The van der Waals surface area contributed by atoms with Crippen LogP contribution < -0.4 is 0 Å². The summed E-state index contributed by atoms with van der Waals surface area (Å²) in [6.45, 7) is 14.4. The number of hydrogen-bond acceptors (Lipinski definition) is 15. The van der Waals surface area contributed by atoms with Crippen LogP contribution in [0, 0.1) is 23.7 Å². The molecule has 17 nitrogen and oxygen atoms in total. The van der Waals surface area contributed by atoms with E-state index >= 15 is 0 Å². The molecule has 3 N–H and O–H groups in total. The maximum atomic E-state index is 13.1. The Hall–Kier alpha value is -1.94. The van der Waals surface area contributed by atoms with Crippen molar-refractivity contribution in [2.24, 2.45) is 23.7 Å². The highest BCUT2D eigenvalue weighted by molar-refractivity contribution is 7.47. The van der Waals surface area contributed by atoms with Gasteiger partial charge in [-0.25, -0.2) is 9.13 Å². The number of aliphatic hydroxyl groups excluding tert-OH is 1. The van der Waals surface area contributed by atoms with Gasteiger partial charge >= 0.3 is 39.5 Å². The molecule has 0 saturated carbocycles. The molecule has 0 aliphatic carbocycles. The molecule has 0 bridgehead atoms. The third kappa shape index (κ3) is 74.2. The van der Waals surface area contributed by atoms with Gasteiger partial charge in [0.1, 0.15) is 19.3 Å². The average molecular weight is 1520 g/mol. The van der Waals surface area contributed by atoms with Gasteiger partial charge in [0.15, 0.2) is 12.2 Å². The number of ether oxygens (including phenoxy) is 4. The second kappa shape index (κ2) is 73.8. The molecular weight excluding hydrogens is 1350 g/mol. The Kier molecular flexibility index (Phi) is 72.5. The van der Waals surface area contributed by atoms with Crippen molar-refractivity contribution < 1.29 is 80.2 Å². The molecule has 0 aromatic rings. The minimum absolute atomic E-state index is 0.104. The van der Waals surface area contributed by atoms with Crippen LogP contribution in [0.2, 0.25) is 0 Å². The average Bonchev–Trinajstić information content (AvgIpc) is 1.03. The highest BCUT2D eigenvalue weighted by Gasteiger charge is 2.31. The third-order valence-corrected chi connectivity index (χ3v) is 22.8. The summed E-state index contributed by atoms with van der Waals surface area (Å²) in [6, 6.07) is 0. The van der Waals surface area contributed by atoms with E-state index in [1.54, 1.807) is 0 Å². The Balaban J connectivity index is 5.24. The van der Waals surface area contributed by atoms with Crippen LogP contribution in [0.5, 0.6) is 0 Å². The number of phosphoric ester groups is 2. The lowest BCUT2D eigenvalue weighted by Crippen LogP contribution is -2.30. The summed E-state index contributed by atoms with van der Waals surface area (Å²) in [4.78, 5) is 73.2. The van der Waals surface area contributed by atoms with Crippen LogP contribution in [0.1, 0.15) is 441 Å². The second-order valence-electron chi connectivity index (χ2n) is 31.8. The largest absolute Gasteiger partial charge is 0.472 e. The van der Waals surface area contributed by atoms with Crippen LogP contribution in [-0.4, -0.2) is 96.7 Å². The number of carbonyl (C=O) groups is 4. The predicted octanol–water partition coefficient (Wildman–Crippen LogP) is 25.6. The van der Waals surface area contributed by atoms with Crippen molar-refractivity contribution in [1.29, 1.82) is 0 Å². The SMILES string of the molecule is CCC(C)CCCCCCCCCCCCCCCCCCCCC(=O)O[C@H](COC(=O)CCCCCCCCCCCCCCCCCC(C)C)COP(=O)(O)OC[C@@H](O)COP(=O)(O)OC[C@@H](COC(=O)CCCCCCCCCCC(C)CC)OC(=O)CCCCCCCCCCC(C)CC. The molecule has 618 valence electrons. The molecule has 0 fully saturated rings. The molecule has 8 atom stereocenters. The van der Waals surface area contributed by atoms with Crippen LogP contribution in [-0.2, 0) is 65.4 Å². The first-order valence-corrected chi connectivity index (χ1v) is 46.8. The molecule has 0 aromatic heterocycles. The van der Waals surface area contributed by atoms with Gasteiger partial charge in [0.2, 0.25) is 0 Å². The molecule has 0 aliphatic rings. The van der Waals surface area contributed by atoms with Crippen molar-refractivity contribution in [2.45, 2.75) is 459 Å². The van der Waals surface area contributed by atoms with Gasteiger partial charge in [0, 0.05) is 25.7 Å². The molecule has 0 aromatic carbocycles. The van der Waals surface area contributed by atoms with E-state index in [2.05, 4.69) is 55.4 Å². The van der Waals surface area contributed by atoms with E-state index < -0.39 is 97.5 Å². The molecular formula is C85H166O17P2. The zero-order valence-electron chi connectivity index (χ0n) is 68.7. The number of hydrogen-bond donors (Lipinski definition) is 3. The van der Waals surface area contributed by atoms with E-state index in [-0.39, 0.29) is 25.7 Å². The first kappa shape index (κ1) is 102. The normalized spacial score (nSPS) is 14.7. The molecule has 5 unspecified atom stereocenters. The van der Waals surface area contributed by atoms with Crippen molar-refractivity contribution in [3.63, 3.8) is 0 Å². The van der Waals surface area contributed by atoms with Crippen LogP contribution in [0.4, 0.5) is 0 Å². The second-order valence-corrected chi connectivity index (χ2v) is 34.7. The standard InChI is InChI=1S/C85H166O17P2/c1-9-76(6)62-54-46-38-30-26-22-18-14-12-13-15-19-24-28-32-43-51-59-67-84(89)101-80(71-95-82(87)65-57-49-41-31-27-23-20-16-17-21-25-29-37-45-53-61-75(4)5)73-99-103(91,92)97-69-79(86)70-98-104(93,94)100-74-81(102-85(90)68-60-52-44-36-34-40-48-56-64-78(8)11-3)72-96-83(88)66-58-50-42-35-33-39-47-55-63-77(7)10-2/h75-81,86H,9-74H2,1-8H3,(H,91,92)(H,93,94)/t76?,77?,78?,79-,80-,81-/m1/s1. The van der Waals surface area contributed by atoms with Crippen LogP contribution in [0.15, 0.2) is 0 Å². The number of aliphatic hydroxyl groups is 1. The maximum Gasteiger partial charge on any atom is 0.472 e. The number of esters is 4. The van der Waals surface area contributed by atoms with E-state index in [0.29, 0.717) is 25.7 Å². The highest BCUT2D eigenvalue weighted by atomic mass is 31.2. The number of unbranched alkanes of at least 4 members (excludes halogenated alkanes) is 45. The van der Waals surface area contributed by atoms with Gasteiger partial charge in [-0.1, -0.05) is 389 Å². The molecule has 0 aliphatic heterocycles. The lowest BCUT2D eigenvalue weighted by atomic mass is 9.99. The molecule has 0 heterocycles. The van der Waals surface area contributed by atoms with Crippen molar-refractivity contribution in [3.8, 4) is 0 Å². The number of phosphoric acid groups is 2. The van der Waals surface area contributed by atoms with Crippen LogP contribution in [0.3, 0.4) is 0 Å². The summed E-state index contributed by atoms with van der Waals surface area (Å²) in [7, 11) is -9.93. The summed E-state index contributed by atoms with van der Waals surface area (Å²) in [5.41, 5.74) is 0. The van der Waals surface area contributed by atoms with Crippen molar-refractivity contribution in [3.05, 3.63) is 0 Å². The maximum absolute atomic E-state index is 13.1. The van der Waals surface area contributed by atoms with E-state index in [1.165, 1.54) is 244 Å². The van der Waals surface area contributed by atoms with E-state index in [1.807, 2.05) is 0 Å². The quantitative estimate of drug-likeness (QED) is 0.0222. The van der Waals surface area contributed by atoms with Gasteiger partial charge in [-0.05, 0) is 49.4 Å². The molecule has 0 amide bonds. The molecule has 0 radical (unpaired) electrons. The Morgan fingerprint density at radius 3 is 0.683 bits per heavy atom. The number of rotatable bonds is 82. The topological polar surface area (TPSA) is 237 Å². The summed E-state index contributed by atoms with van der Waals surface area (Å²) in [5.74, 6) is 1.11. The predicted molar refractivity (Wildman–Crippen MR) is 428 cm³/mol. The van der Waals surface area contributed by atoms with Crippen LogP contribution in [0.25, 0.3) is 0 Å². The highest BCUT2D eigenvalue weighted by Crippen LogP contribution is 2.45. The first-order valence-electron chi connectivity index (χ1n) is 43.8. The summed E-state index contributed by atoms with van der Waals surface area (Å²) < 4.78 is 68.8. The summed E-state index contributed by atoms with van der Waals surface area (Å²) in [6.07, 6.45) is 62.4. The minimum atomic E-state index is -4.97. The van der Waals surface area contributed by atoms with Crippen molar-refractivity contribution in [1.82, 2.24) is 0 Å². The molecule has 104 heavy (non-hydrogen) atoms. The fourth-order valence-electron chi connectivity index (χ4n) is 13.0. The fourth-order valence-corrected chi connectivity index (χ4v) is 14.6. The smallest absolute Gasteiger partial charge is 0.462 e. The van der Waals surface area contributed by atoms with Gasteiger partial charge in [0.25, 0.3) is 0 Å². The Labute approximate surface area is 638 Å². The van der Waals surface area contributed by atoms with Gasteiger partial charge < -0.3 is 33.8 Å². The lowest BCUT2D eigenvalue weighted by molar-refractivity contribution is -0.161.